The van der Waals surface area contributed by atoms with Gasteiger partial charge in [-0.1, -0.05) is 30.3 Å². The van der Waals surface area contributed by atoms with Crippen LogP contribution >= 0.6 is 0 Å². The van der Waals surface area contributed by atoms with Gasteiger partial charge in [-0.25, -0.2) is 0 Å². The normalized spacial score (nSPS) is 20.6. The Kier molecular flexibility index (Phi) is 5.35. The molecule has 1 N–H and O–H groups in total. The zero-order valence-corrected chi connectivity index (χ0v) is 16.4. The van der Waals surface area contributed by atoms with Gasteiger partial charge in [0.05, 0.1) is 11.6 Å². The first-order valence-corrected chi connectivity index (χ1v) is 9.50. The molecule has 5 nitrogen and oxygen atoms in total. The average molecular weight is 355 g/mol. The van der Waals surface area contributed by atoms with Crippen molar-refractivity contribution < 1.29 is 9.32 Å². The highest BCUT2D eigenvalue weighted by Gasteiger charge is 2.34. The Morgan fingerprint density at radius 3 is 2.77 bits per heavy atom. The van der Waals surface area contributed by atoms with Gasteiger partial charge in [0.25, 0.3) is 0 Å². The number of amides is 1. The molecule has 0 radical (unpaired) electrons. The Labute approximate surface area is 155 Å². The molecule has 0 spiro atoms. The van der Waals surface area contributed by atoms with Crippen LogP contribution in [-0.2, 0) is 11.3 Å². The van der Waals surface area contributed by atoms with Crippen molar-refractivity contribution in [2.45, 2.75) is 72.0 Å². The Hall–Kier alpha value is -2.30. The lowest BCUT2D eigenvalue weighted by atomic mass is 9.85. The van der Waals surface area contributed by atoms with Crippen LogP contribution in [0.5, 0.6) is 0 Å². The number of rotatable bonds is 5. The highest BCUT2D eigenvalue weighted by Crippen LogP contribution is 2.39. The summed E-state index contributed by atoms with van der Waals surface area (Å²) in [6, 6.07) is 8.72. The topological polar surface area (TPSA) is 58.4 Å². The van der Waals surface area contributed by atoms with Gasteiger partial charge in [-0.05, 0) is 52.2 Å². The second-order valence-electron chi connectivity index (χ2n) is 7.44. The van der Waals surface area contributed by atoms with E-state index in [2.05, 4.69) is 48.3 Å². The van der Waals surface area contributed by atoms with Crippen molar-refractivity contribution in [2.24, 2.45) is 0 Å². The molecular weight excluding hydrogens is 326 g/mol. The van der Waals surface area contributed by atoms with E-state index in [9.17, 15) is 4.79 Å². The van der Waals surface area contributed by atoms with E-state index >= 15 is 0 Å². The Balaban J connectivity index is 1.91. The molecule has 3 rings (SSSR count). The minimum Gasteiger partial charge on any atom is -0.364 e. The Morgan fingerprint density at radius 1 is 1.38 bits per heavy atom. The number of benzene rings is 1. The van der Waals surface area contributed by atoms with Crippen LogP contribution in [0.15, 0.2) is 28.8 Å². The van der Waals surface area contributed by atoms with Crippen molar-refractivity contribution in [3.05, 3.63) is 46.8 Å². The SMILES string of the molecule is CC[C@H](C)NC(=O)[C@H]1C[C@@H](C)N(Cc2c(C)noc2C)c2ccccc21. The van der Waals surface area contributed by atoms with Gasteiger partial charge in [-0.3, -0.25) is 4.79 Å². The minimum absolute atomic E-state index is 0.101. The first kappa shape index (κ1) is 18.5. The summed E-state index contributed by atoms with van der Waals surface area (Å²) in [5.41, 5.74) is 4.31. The number of fused-ring (bicyclic) bond motifs is 1. The molecule has 1 aliphatic heterocycles. The molecular formula is C21H29N3O2. The lowest BCUT2D eigenvalue weighted by molar-refractivity contribution is -0.123. The number of anilines is 1. The molecule has 5 heteroatoms. The molecule has 26 heavy (non-hydrogen) atoms. The van der Waals surface area contributed by atoms with Crippen molar-refractivity contribution in [1.82, 2.24) is 10.5 Å². The van der Waals surface area contributed by atoms with E-state index in [0.717, 1.165) is 47.7 Å². The number of nitrogens with zero attached hydrogens (tertiary/aromatic N) is 2. The maximum Gasteiger partial charge on any atom is 0.227 e. The minimum atomic E-state index is -0.101. The van der Waals surface area contributed by atoms with Crippen molar-refractivity contribution >= 4 is 11.6 Å². The van der Waals surface area contributed by atoms with E-state index in [0.29, 0.717) is 0 Å². The third-order valence-electron chi connectivity index (χ3n) is 5.56. The molecule has 2 heterocycles. The number of aryl methyl sites for hydroxylation is 2. The predicted octanol–water partition coefficient (Wildman–Crippen LogP) is 4.09. The smallest absolute Gasteiger partial charge is 0.227 e. The first-order valence-electron chi connectivity index (χ1n) is 9.50. The first-order chi connectivity index (χ1) is 12.4. The fourth-order valence-corrected chi connectivity index (χ4v) is 3.71. The molecule has 0 fully saturated rings. The third-order valence-corrected chi connectivity index (χ3v) is 5.56. The van der Waals surface area contributed by atoms with Gasteiger partial charge in [0.2, 0.25) is 5.91 Å². The summed E-state index contributed by atoms with van der Waals surface area (Å²) in [6.07, 6.45) is 1.75. The summed E-state index contributed by atoms with van der Waals surface area (Å²) >= 11 is 0. The molecule has 2 aromatic rings. The molecule has 0 saturated heterocycles. The second kappa shape index (κ2) is 7.52. The summed E-state index contributed by atoms with van der Waals surface area (Å²) in [5, 5.41) is 7.24. The van der Waals surface area contributed by atoms with E-state index in [1.807, 2.05) is 26.0 Å². The molecule has 1 aliphatic rings. The standard InChI is InChI=1S/C21H29N3O2/c1-6-13(2)22-21(25)18-11-14(3)24(20-10-8-7-9-17(18)20)12-19-15(4)23-26-16(19)5/h7-10,13-14,18H,6,11-12H2,1-5H3,(H,22,25)/t13-,14+,18-/m0/s1. The number of carbonyl (C=O) groups excluding carboxylic acids is 1. The van der Waals surface area contributed by atoms with E-state index in [4.69, 9.17) is 4.52 Å². The largest absolute Gasteiger partial charge is 0.364 e. The lowest BCUT2D eigenvalue weighted by Gasteiger charge is -2.40. The fourth-order valence-electron chi connectivity index (χ4n) is 3.71. The van der Waals surface area contributed by atoms with Gasteiger partial charge in [-0.15, -0.1) is 0 Å². The summed E-state index contributed by atoms with van der Waals surface area (Å²) in [6.45, 7) is 11.0. The van der Waals surface area contributed by atoms with Crippen molar-refractivity contribution in [3.63, 3.8) is 0 Å². The number of nitrogens with one attached hydrogen (secondary N) is 1. The molecule has 0 aliphatic carbocycles. The van der Waals surface area contributed by atoms with Crippen LogP contribution in [0.3, 0.4) is 0 Å². The van der Waals surface area contributed by atoms with Crippen LogP contribution in [0.4, 0.5) is 5.69 Å². The molecule has 3 atom stereocenters. The third kappa shape index (κ3) is 3.48. The zero-order valence-electron chi connectivity index (χ0n) is 16.4. The number of hydrogen-bond donors (Lipinski definition) is 1. The van der Waals surface area contributed by atoms with Crippen molar-refractivity contribution in [2.75, 3.05) is 4.90 Å². The monoisotopic (exact) mass is 355 g/mol. The van der Waals surface area contributed by atoms with Gasteiger partial charge in [0.15, 0.2) is 0 Å². The van der Waals surface area contributed by atoms with Gasteiger partial charge in [0.1, 0.15) is 5.76 Å². The van der Waals surface area contributed by atoms with Crippen LogP contribution in [-0.4, -0.2) is 23.1 Å². The highest BCUT2D eigenvalue weighted by molar-refractivity contribution is 5.87. The lowest BCUT2D eigenvalue weighted by Crippen LogP contribution is -2.44. The van der Waals surface area contributed by atoms with E-state index < -0.39 is 0 Å². The van der Waals surface area contributed by atoms with Crippen LogP contribution in [0.2, 0.25) is 0 Å². The van der Waals surface area contributed by atoms with Crippen LogP contribution in [0.25, 0.3) is 0 Å². The summed E-state index contributed by atoms with van der Waals surface area (Å²) < 4.78 is 5.33. The quantitative estimate of drug-likeness (QED) is 0.878. The van der Waals surface area contributed by atoms with E-state index in [1.54, 1.807) is 0 Å². The molecule has 0 unspecified atom stereocenters. The van der Waals surface area contributed by atoms with Crippen LogP contribution in [0, 0.1) is 13.8 Å². The Bertz CT molecular complexity index is 764. The molecule has 140 valence electrons. The van der Waals surface area contributed by atoms with E-state index in [-0.39, 0.29) is 23.9 Å². The van der Waals surface area contributed by atoms with Gasteiger partial charge >= 0.3 is 0 Å². The second-order valence-corrected chi connectivity index (χ2v) is 7.44. The summed E-state index contributed by atoms with van der Waals surface area (Å²) in [5.74, 6) is 0.899. The summed E-state index contributed by atoms with van der Waals surface area (Å²) in [7, 11) is 0. The molecule has 1 amide bonds. The van der Waals surface area contributed by atoms with Crippen LogP contribution < -0.4 is 10.2 Å². The summed E-state index contributed by atoms with van der Waals surface area (Å²) in [4.78, 5) is 15.2. The predicted molar refractivity (Wildman–Crippen MR) is 103 cm³/mol. The highest BCUT2D eigenvalue weighted by atomic mass is 16.5. The zero-order chi connectivity index (χ0) is 18.8. The van der Waals surface area contributed by atoms with Crippen molar-refractivity contribution in [3.8, 4) is 0 Å². The fraction of sp³-hybridized carbons (Fsp3) is 0.524. The van der Waals surface area contributed by atoms with E-state index in [1.165, 1.54) is 0 Å². The number of carbonyl (C=O) groups is 1. The van der Waals surface area contributed by atoms with Gasteiger partial charge in [-0.2, -0.15) is 0 Å². The number of aromatic nitrogens is 1. The van der Waals surface area contributed by atoms with Crippen molar-refractivity contribution in [1.29, 1.82) is 0 Å². The molecule has 1 aromatic heterocycles. The molecule has 0 bridgehead atoms. The Morgan fingerprint density at radius 2 is 2.12 bits per heavy atom. The van der Waals surface area contributed by atoms with Crippen LogP contribution in [0.1, 0.15) is 62.1 Å². The average Bonchev–Trinajstić information content (AvgIpc) is 2.95. The molecule has 1 aromatic carbocycles. The van der Waals surface area contributed by atoms with Gasteiger partial charge in [0, 0.05) is 29.9 Å². The van der Waals surface area contributed by atoms with Gasteiger partial charge < -0.3 is 14.7 Å². The number of hydrogen-bond acceptors (Lipinski definition) is 4. The maximum atomic E-state index is 12.9. The maximum absolute atomic E-state index is 12.9. The molecule has 0 saturated carbocycles. The number of para-hydroxylation sites is 1.